The van der Waals surface area contributed by atoms with E-state index in [-0.39, 0.29) is 0 Å². The minimum Gasteiger partial charge on any atom is -0.415 e. The molecule has 0 aliphatic carbocycles. The molecule has 0 unspecified atom stereocenters. The lowest BCUT2D eigenvalue weighted by Crippen LogP contribution is -2.11. The predicted octanol–water partition coefficient (Wildman–Crippen LogP) is 3.45. The molecule has 0 spiro atoms. The molecule has 0 heterocycles. The fraction of sp³-hybridized carbons (Fsp3) is 1.00. The zero-order valence-electron chi connectivity index (χ0n) is 12.2. The van der Waals surface area contributed by atoms with Crippen LogP contribution < -0.4 is 0 Å². The maximum atomic E-state index is 5.48. The van der Waals surface area contributed by atoms with Crippen LogP contribution in [-0.2, 0) is 13.9 Å². The van der Waals surface area contributed by atoms with Gasteiger partial charge in [0.1, 0.15) is 0 Å². The van der Waals surface area contributed by atoms with Crippen LogP contribution in [0, 0.1) is 0 Å². The van der Waals surface area contributed by atoms with Gasteiger partial charge in [0, 0.05) is 6.61 Å². The van der Waals surface area contributed by atoms with Gasteiger partial charge in [-0.3, -0.25) is 0 Å². The smallest absolute Gasteiger partial charge is 0.229 e. The van der Waals surface area contributed by atoms with Crippen molar-refractivity contribution in [2.24, 2.45) is 0 Å². The van der Waals surface area contributed by atoms with Crippen molar-refractivity contribution in [3.8, 4) is 0 Å². The maximum Gasteiger partial charge on any atom is 0.229 e. The van der Waals surface area contributed by atoms with Gasteiger partial charge in [0.2, 0.25) is 9.76 Å². The Kier molecular flexibility index (Phi) is 17.2. The first kappa shape index (κ1) is 18.1. The topological polar surface area (TPSA) is 27.7 Å². The van der Waals surface area contributed by atoms with Crippen molar-refractivity contribution in [1.82, 2.24) is 0 Å². The lowest BCUT2D eigenvalue weighted by atomic mass is 10.2. The Morgan fingerprint density at radius 2 is 1.33 bits per heavy atom. The highest BCUT2D eigenvalue weighted by Crippen LogP contribution is 1.98. The van der Waals surface area contributed by atoms with Gasteiger partial charge in [0.25, 0.3) is 0 Å². The Hall–Kier alpha value is 0.0969. The van der Waals surface area contributed by atoms with E-state index in [0.717, 1.165) is 13.2 Å². The first-order chi connectivity index (χ1) is 8.91. The summed E-state index contributed by atoms with van der Waals surface area (Å²) < 4.78 is 16.4. The van der Waals surface area contributed by atoms with Crippen LogP contribution in [0.15, 0.2) is 0 Å². The molecule has 0 amide bonds. The van der Waals surface area contributed by atoms with Gasteiger partial charge in [-0.2, -0.15) is 0 Å². The number of hydrogen-bond donors (Lipinski definition) is 0. The fourth-order valence-corrected chi connectivity index (χ4v) is 2.32. The summed E-state index contributed by atoms with van der Waals surface area (Å²) in [4.78, 5) is 0. The standard InChI is InChI=1S/C14H30O3Si/c1-3-5-7-8-9-15-10-11-16-12-13-17-18-14-6-4-2/h3-14H2,1-2H3. The zero-order valence-corrected chi connectivity index (χ0v) is 13.2. The summed E-state index contributed by atoms with van der Waals surface area (Å²) in [6.07, 6.45) is 7.57. The monoisotopic (exact) mass is 274 g/mol. The molecule has 0 aromatic heterocycles. The Morgan fingerprint density at radius 1 is 0.667 bits per heavy atom. The Balaban J connectivity index is 2.86. The van der Waals surface area contributed by atoms with Crippen molar-refractivity contribution in [3.05, 3.63) is 0 Å². The summed E-state index contributed by atoms with van der Waals surface area (Å²) in [5.41, 5.74) is 0. The molecule has 0 atom stereocenters. The third kappa shape index (κ3) is 16.1. The van der Waals surface area contributed by atoms with Crippen molar-refractivity contribution in [2.45, 2.75) is 58.4 Å². The van der Waals surface area contributed by atoms with Crippen LogP contribution in [0.3, 0.4) is 0 Å². The van der Waals surface area contributed by atoms with Gasteiger partial charge in [0.05, 0.1) is 26.4 Å². The van der Waals surface area contributed by atoms with Gasteiger partial charge >= 0.3 is 0 Å². The highest BCUT2D eigenvalue weighted by Gasteiger charge is 1.93. The lowest BCUT2D eigenvalue weighted by Gasteiger charge is -2.06. The predicted molar refractivity (Wildman–Crippen MR) is 77.2 cm³/mol. The molecule has 0 aliphatic rings. The Labute approximate surface area is 116 Å². The number of ether oxygens (including phenoxy) is 2. The van der Waals surface area contributed by atoms with Crippen LogP contribution in [0.5, 0.6) is 0 Å². The van der Waals surface area contributed by atoms with E-state index in [9.17, 15) is 0 Å². The van der Waals surface area contributed by atoms with Gasteiger partial charge in [-0.1, -0.05) is 46.0 Å². The number of rotatable bonds is 15. The normalized spacial score (nSPS) is 11.0. The molecule has 18 heavy (non-hydrogen) atoms. The minimum absolute atomic E-state index is 0.640. The maximum absolute atomic E-state index is 5.48. The summed E-state index contributed by atoms with van der Waals surface area (Å²) in [5, 5.41) is 0. The molecule has 0 aliphatic heterocycles. The largest absolute Gasteiger partial charge is 0.415 e. The van der Waals surface area contributed by atoms with E-state index in [4.69, 9.17) is 13.9 Å². The Morgan fingerprint density at radius 3 is 2.06 bits per heavy atom. The first-order valence-corrected chi connectivity index (χ1v) is 8.53. The summed E-state index contributed by atoms with van der Waals surface area (Å²) >= 11 is 0. The number of hydrogen-bond acceptors (Lipinski definition) is 3. The molecule has 4 heteroatoms. The third-order valence-electron chi connectivity index (χ3n) is 2.58. The van der Waals surface area contributed by atoms with Crippen molar-refractivity contribution in [3.63, 3.8) is 0 Å². The molecule has 2 radical (unpaired) electrons. The second kappa shape index (κ2) is 17.1. The van der Waals surface area contributed by atoms with Crippen LogP contribution in [0.4, 0.5) is 0 Å². The highest BCUT2D eigenvalue weighted by molar-refractivity contribution is 6.26. The minimum atomic E-state index is 0.640. The summed E-state index contributed by atoms with van der Waals surface area (Å²) in [6.45, 7) is 8.12. The van der Waals surface area contributed by atoms with E-state index in [1.807, 2.05) is 0 Å². The second-order valence-corrected chi connectivity index (χ2v) is 5.46. The van der Waals surface area contributed by atoms with E-state index >= 15 is 0 Å². The van der Waals surface area contributed by atoms with Crippen LogP contribution >= 0.6 is 0 Å². The molecule has 0 aromatic carbocycles. The number of unbranched alkanes of at least 4 members (excludes halogenated alkanes) is 4. The lowest BCUT2D eigenvalue weighted by molar-refractivity contribution is 0.0356. The van der Waals surface area contributed by atoms with Gasteiger partial charge in [0.15, 0.2) is 0 Å². The molecular weight excluding hydrogens is 244 g/mol. The van der Waals surface area contributed by atoms with Crippen molar-refractivity contribution in [2.75, 3.05) is 33.0 Å². The highest BCUT2D eigenvalue weighted by atomic mass is 28.2. The average Bonchev–Trinajstić information content (AvgIpc) is 2.39. The molecule has 0 bridgehead atoms. The van der Waals surface area contributed by atoms with E-state index < -0.39 is 0 Å². The molecule has 0 fully saturated rings. The summed E-state index contributed by atoms with van der Waals surface area (Å²) in [6, 6.07) is 1.19. The van der Waals surface area contributed by atoms with Crippen molar-refractivity contribution < 1.29 is 13.9 Å². The van der Waals surface area contributed by atoms with Crippen LogP contribution in [0.25, 0.3) is 0 Å². The van der Waals surface area contributed by atoms with Crippen LogP contribution in [-0.4, -0.2) is 42.8 Å². The molecule has 3 nitrogen and oxygen atoms in total. The molecule has 0 saturated heterocycles. The van der Waals surface area contributed by atoms with Crippen molar-refractivity contribution >= 4 is 9.76 Å². The van der Waals surface area contributed by atoms with Gasteiger partial charge < -0.3 is 13.9 Å². The molecular formula is C14H30O3Si. The molecule has 0 rings (SSSR count). The van der Waals surface area contributed by atoms with Gasteiger partial charge in [-0.05, 0) is 12.5 Å². The van der Waals surface area contributed by atoms with Gasteiger partial charge in [-0.15, -0.1) is 0 Å². The van der Waals surface area contributed by atoms with E-state index in [1.165, 1.54) is 44.6 Å². The quantitative estimate of drug-likeness (QED) is 0.338. The average molecular weight is 274 g/mol. The van der Waals surface area contributed by atoms with Gasteiger partial charge in [-0.25, -0.2) is 0 Å². The first-order valence-electron chi connectivity index (χ1n) is 7.42. The molecule has 0 saturated carbocycles. The second-order valence-electron chi connectivity index (χ2n) is 4.38. The fourth-order valence-electron chi connectivity index (χ4n) is 1.45. The van der Waals surface area contributed by atoms with E-state index in [1.54, 1.807) is 0 Å². The van der Waals surface area contributed by atoms with E-state index in [0.29, 0.717) is 29.6 Å². The summed E-state index contributed by atoms with van der Waals surface area (Å²) in [7, 11) is 0.640. The Bertz CT molecular complexity index is 129. The summed E-state index contributed by atoms with van der Waals surface area (Å²) in [5.74, 6) is 0. The van der Waals surface area contributed by atoms with E-state index in [2.05, 4.69) is 13.8 Å². The van der Waals surface area contributed by atoms with Crippen molar-refractivity contribution in [1.29, 1.82) is 0 Å². The molecule has 0 aromatic rings. The molecule has 108 valence electrons. The molecule has 0 N–H and O–H groups in total. The van der Waals surface area contributed by atoms with Crippen LogP contribution in [0.1, 0.15) is 52.4 Å². The SMILES string of the molecule is CCCCCCOCCOCCO[Si]CCCC. The zero-order chi connectivity index (χ0) is 13.3. The van der Waals surface area contributed by atoms with Crippen LogP contribution in [0.2, 0.25) is 6.04 Å². The third-order valence-corrected chi connectivity index (χ3v) is 3.54.